The monoisotopic (exact) mass is 267 g/mol. The van der Waals surface area contributed by atoms with Crippen LogP contribution in [0.15, 0.2) is 36.5 Å². The molecule has 20 heavy (non-hydrogen) atoms. The minimum absolute atomic E-state index is 0.645. The molecule has 3 aromatic rings. The van der Waals surface area contributed by atoms with Crippen LogP contribution in [-0.2, 0) is 13.5 Å². The van der Waals surface area contributed by atoms with Crippen LogP contribution in [0.5, 0.6) is 5.88 Å². The lowest BCUT2D eigenvalue weighted by Crippen LogP contribution is -1.94. The van der Waals surface area contributed by atoms with Gasteiger partial charge in [0.15, 0.2) is 0 Å². The molecule has 4 nitrogen and oxygen atoms in total. The van der Waals surface area contributed by atoms with Gasteiger partial charge in [0.2, 0.25) is 5.88 Å². The van der Waals surface area contributed by atoms with Gasteiger partial charge in [0, 0.05) is 29.8 Å². The summed E-state index contributed by atoms with van der Waals surface area (Å²) in [6.45, 7) is 2.10. The summed E-state index contributed by atoms with van der Waals surface area (Å²) >= 11 is 0. The minimum Gasteiger partial charge on any atom is -0.481 e. The Labute approximate surface area is 118 Å². The second-order valence-corrected chi connectivity index (χ2v) is 4.75. The fourth-order valence-corrected chi connectivity index (χ4v) is 2.47. The predicted molar refractivity (Wildman–Crippen MR) is 79.9 cm³/mol. The standard InChI is InChI=1S/C16H17N3O/c1-4-14-13(10-19(2)18-14)12-9-11-7-5-6-8-15(11)17-16(12)20-3/h5-10H,4H2,1-3H3. The molecule has 0 saturated carbocycles. The number of rotatable bonds is 3. The highest BCUT2D eigenvalue weighted by Gasteiger charge is 2.15. The number of hydrogen-bond donors (Lipinski definition) is 0. The van der Waals surface area contributed by atoms with E-state index >= 15 is 0 Å². The van der Waals surface area contributed by atoms with Crippen LogP contribution in [0.3, 0.4) is 0 Å². The molecular formula is C16H17N3O. The molecule has 2 heterocycles. The van der Waals surface area contributed by atoms with E-state index in [1.807, 2.05) is 36.1 Å². The molecular weight excluding hydrogens is 250 g/mol. The van der Waals surface area contributed by atoms with Crippen LogP contribution in [0.2, 0.25) is 0 Å². The predicted octanol–water partition coefficient (Wildman–Crippen LogP) is 3.21. The number of hydrogen-bond acceptors (Lipinski definition) is 3. The van der Waals surface area contributed by atoms with Crippen LogP contribution in [0.25, 0.3) is 22.0 Å². The molecule has 0 spiro atoms. The number of fused-ring (bicyclic) bond motifs is 1. The third kappa shape index (κ3) is 2.03. The molecule has 0 aliphatic heterocycles. The van der Waals surface area contributed by atoms with Crippen molar-refractivity contribution in [1.29, 1.82) is 0 Å². The number of nitrogens with zero attached hydrogens (tertiary/aromatic N) is 3. The second-order valence-electron chi connectivity index (χ2n) is 4.75. The topological polar surface area (TPSA) is 39.9 Å². The van der Waals surface area contributed by atoms with Gasteiger partial charge in [0.25, 0.3) is 0 Å². The Hall–Kier alpha value is -2.36. The average molecular weight is 267 g/mol. The maximum Gasteiger partial charge on any atom is 0.221 e. The highest BCUT2D eigenvalue weighted by atomic mass is 16.5. The van der Waals surface area contributed by atoms with Gasteiger partial charge >= 0.3 is 0 Å². The summed E-state index contributed by atoms with van der Waals surface area (Å²) in [4.78, 5) is 4.60. The third-order valence-electron chi connectivity index (χ3n) is 3.41. The number of methoxy groups -OCH3 is 1. The zero-order valence-corrected chi connectivity index (χ0v) is 11.9. The molecule has 102 valence electrons. The van der Waals surface area contributed by atoms with Crippen LogP contribution in [0, 0.1) is 0 Å². The molecule has 0 N–H and O–H groups in total. The van der Waals surface area contributed by atoms with Crippen molar-refractivity contribution in [2.45, 2.75) is 13.3 Å². The van der Waals surface area contributed by atoms with Crippen LogP contribution in [-0.4, -0.2) is 21.9 Å². The Morgan fingerprint density at radius 1 is 1.20 bits per heavy atom. The first-order valence-electron chi connectivity index (χ1n) is 6.69. The van der Waals surface area contributed by atoms with Crippen LogP contribution >= 0.6 is 0 Å². The van der Waals surface area contributed by atoms with E-state index in [2.05, 4.69) is 29.1 Å². The fraction of sp³-hybridized carbons (Fsp3) is 0.250. The smallest absolute Gasteiger partial charge is 0.221 e. The molecule has 1 aromatic carbocycles. The number of benzene rings is 1. The number of pyridine rings is 1. The SMILES string of the molecule is CCc1nn(C)cc1-c1cc2ccccc2nc1OC. The van der Waals surface area contributed by atoms with Crippen molar-refractivity contribution in [2.24, 2.45) is 7.05 Å². The van der Waals surface area contributed by atoms with Gasteiger partial charge in [-0.1, -0.05) is 25.1 Å². The van der Waals surface area contributed by atoms with Gasteiger partial charge in [-0.05, 0) is 18.6 Å². The van der Waals surface area contributed by atoms with Crippen molar-refractivity contribution in [3.05, 3.63) is 42.2 Å². The molecule has 0 amide bonds. The summed E-state index contributed by atoms with van der Waals surface area (Å²) in [5.74, 6) is 0.645. The number of aryl methyl sites for hydroxylation is 2. The molecule has 0 atom stereocenters. The first-order chi connectivity index (χ1) is 9.72. The Morgan fingerprint density at radius 3 is 2.75 bits per heavy atom. The Bertz CT molecular complexity index is 762. The van der Waals surface area contributed by atoms with E-state index in [0.717, 1.165) is 34.1 Å². The van der Waals surface area contributed by atoms with E-state index in [0.29, 0.717) is 5.88 Å². The zero-order chi connectivity index (χ0) is 14.1. The average Bonchev–Trinajstić information content (AvgIpc) is 2.86. The lowest BCUT2D eigenvalue weighted by molar-refractivity contribution is 0.401. The first kappa shape index (κ1) is 12.7. The summed E-state index contributed by atoms with van der Waals surface area (Å²) in [5, 5.41) is 5.60. The summed E-state index contributed by atoms with van der Waals surface area (Å²) < 4.78 is 7.30. The Morgan fingerprint density at radius 2 is 2.00 bits per heavy atom. The van der Waals surface area contributed by atoms with Crippen molar-refractivity contribution in [1.82, 2.24) is 14.8 Å². The van der Waals surface area contributed by atoms with E-state index in [1.54, 1.807) is 7.11 Å². The van der Waals surface area contributed by atoms with Crippen molar-refractivity contribution >= 4 is 10.9 Å². The number of para-hydroxylation sites is 1. The van der Waals surface area contributed by atoms with Crippen LogP contribution < -0.4 is 4.74 Å². The van der Waals surface area contributed by atoms with Crippen LogP contribution in [0.1, 0.15) is 12.6 Å². The maximum atomic E-state index is 5.47. The summed E-state index contributed by atoms with van der Waals surface area (Å²) in [5.41, 5.74) is 4.08. The maximum absolute atomic E-state index is 5.47. The molecule has 0 aliphatic carbocycles. The molecule has 0 bridgehead atoms. The van der Waals surface area contributed by atoms with Gasteiger partial charge in [-0.2, -0.15) is 5.10 Å². The lowest BCUT2D eigenvalue weighted by Gasteiger charge is -2.09. The molecule has 0 fully saturated rings. The molecule has 2 aromatic heterocycles. The molecule has 0 radical (unpaired) electrons. The van der Waals surface area contributed by atoms with E-state index < -0.39 is 0 Å². The summed E-state index contributed by atoms with van der Waals surface area (Å²) in [6.07, 6.45) is 2.90. The van der Waals surface area contributed by atoms with E-state index in [9.17, 15) is 0 Å². The van der Waals surface area contributed by atoms with E-state index in [-0.39, 0.29) is 0 Å². The van der Waals surface area contributed by atoms with Crippen molar-refractivity contribution in [2.75, 3.05) is 7.11 Å². The van der Waals surface area contributed by atoms with Gasteiger partial charge in [-0.3, -0.25) is 4.68 Å². The van der Waals surface area contributed by atoms with Gasteiger partial charge in [0.1, 0.15) is 0 Å². The summed E-state index contributed by atoms with van der Waals surface area (Å²) in [6, 6.07) is 10.2. The molecule has 3 rings (SSSR count). The van der Waals surface area contributed by atoms with Gasteiger partial charge in [-0.25, -0.2) is 4.98 Å². The van der Waals surface area contributed by atoms with Crippen molar-refractivity contribution in [3.63, 3.8) is 0 Å². The quantitative estimate of drug-likeness (QED) is 0.731. The molecule has 0 saturated heterocycles. The zero-order valence-electron chi connectivity index (χ0n) is 11.9. The van der Waals surface area contributed by atoms with Crippen molar-refractivity contribution in [3.8, 4) is 17.0 Å². The Kier molecular flexibility index (Phi) is 3.14. The molecule has 0 aliphatic rings. The normalized spacial score (nSPS) is 10.9. The van der Waals surface area contributed by atoms with E-state index in [4.69, 9.17) is 4.74 Å². The van der Waals surface area contributed by atoms with Crippen molar-refractivity contribution < 1.29 is 4.74 Å². The van der Waals surface area contributed by atoms with Gasteiger partial charge in [-0.15, -0.1) is 0 Å². The molecule has 4 heteroatoms. The lowest BCUT2D eigenvalue weighted by atomic mass is 10.0. The largest absolute Gasteiger partial charge is 0.481 e. The Balaban J connectivity index is 2.28. The van der Waals surface area contributed by atoms with Gasteiger partial charge in [0.05, 0.1) is 18.3 Å². The van der Waals surface area contributed by atoms with E-state index in [1.165, 1.54) is 0 Å². The molecule has 0 unspecified atom stereocenters. The van der Waals surface area contributed by atoms with Gasteiger partial charge < -0.3 is 4.74 Å². The number of aromatic nitrogens is 3. The second kappa shape index (κ2) is 4.96. The first-order valence-corrected chi connectivity index (χ1v) is 6.69. The third-order valence-corrected chi connectivity index (χ3v) is 3.41. The fourth-order valence-electron chi connectivity index (χ4n) is 2.47. The highest BCUT2D eigenvalue weighted by Crippen LogP contribution is 2.33. The summed E-state index contributed by atoms with van der Waals surface area (Å²) in [7, 11) is 3.59. The number of ether oxygens (including phenoxy) is 1. The highest BCUT2D eigenvalue weighted by molar-refractivity contribution is 5.86. The van der Waals surface area contributed by atoms with Crippen LogP contribution in [0.4, 0.5) is 0 Å². The minimum atomic E-state index is 0.645.